The lowest BCUT2D eigenvalue weighted by Crippen LogP contribution is -2.27. The minimum atomic E-state index is -0.504. The second-order valence-corrected chi connectivity index (χ2v) is 6.75. The van der Waals surface area contributed by atoms with Gasteiger partial charge in [0.15, 0.2) is 0 Å². The quantitative estimate of drug-likeness (QED) is 0.675. The minimum Gasteiger partial charge on any atom is -0.328 e. The van der Waals surface area contributed by atoms with Crippen LogP contribution in [-0.4, -0.2) is 25.2 Å². The Morgan fingerprint density at radius 3 is 2.56 bits per heavy atom. The van der Waals surface area contributed by atoms with Gasteiger partial charge in [0.2, 0.25) is 5.91 Å². The molecule has 0 aliphatic heterocycles. The molecule has 0 aliphatic carbocycles. The van der Waals surface area contributed by atoms with Crippen LogP contribution in [0.1, 0.15) is 37.7 Å². The van der Waals surface area contributed by atoms with Crippen LogP contribution in [0.4, 0.5) is 11.5 Å². The third-order valence-electron chi connectivity index (χ3n) is 3.76. The number of nitriles is 1. The number of nitrogens with one attached hydrogen (secondary N) is 1. The number of aromatic nitrogens is 3. The lowest BCUT2D eigenvalue weighted by atomic mass is 10.1. The second-order valence-electron chi connectivity index (χ2n) is 6.75. The zero-order valence-electron chi connectivity index (χ0n) is 14.8. The molecule has 1 amide bonds. The predicted octanol–water partition coefficient (Wildman–Crippen LogP) is 2.48. The number of nitrogens with zero attached hydrogens (tertiary/aromatic N) is 5. The fraction of sp³-hybridized carbons (Fsp3) is 0.438. The maximum Gasteiger partial charge on any atom is 0.312 e. The molecule has 9 heteroatoms. The Labute approximate surface area is 145 Å². The zero-order chi connectivity index (χ0) is 18.9. The molecule has 0 spiro atoms. The van der Waals surface area contributed by atoms with Gasteiger partial charge in [0.05, 0.1) is 10.5 Å². The molecule has 2 aromatic rings. The van der Waals surface area contributed by atoms with E-state index < -0.39 is 4.92 Å². The minimum absolute atomic E-state index is 0.0855. The Morgan fingerprint density at radius 2 is 2.08 bits per heavy atom. The van der Waals surface area contributed by atoms with Crippen molar-refractivity contribution in [1.29, 1.82) is 5.26 Å². The Balaban J connectivity index is 2.25. The molecule has 1 N–H and O–H groups in total. The van der Waals surface area contributed by atoms with Gasteiger partial charge in [-0.2, -0.15) is 10.4 Å². The SMILES string of the molecule is Cc1nn(CC(=O)Nc2cc(C#N)cn2C(C)(C)C)c(C)c1[N+](=O)[O-]. The number of carbonyl (C=O) groups is 1. The molecule has 132 valence electrons. The maximum absolute atomic E-state index is 12.4. The van der Waals surface area contributed by atoms with Gasteiger partial charge < -0.3 is 9.88 Å². The molecule has 0 atom stereocenters. The van der Waals surface area contributed by atoms with Crippen molar-refractivity contribution in [3.05, 3.63) is 39.3 Å². The van der Waals surface area contributed by atoms with E-state index in [0.717, 1.165) is 0 Å². The van der Waals surface area contributed by atoms with Gasteiger partial charge in [-0.1, -0.05) is 0 Å². The molecular weight excluding hydrogens is 324 g/mol. The molecule has 0 radical (unpaired) electrons. The van der Waals surface area contributed by atoms with Gasteiger partial charge in [-0.25, -0.2) is 0 Å². The maximum atomic E-state index is 12.4. The average Bonchev–Trinajstić information content (AvgIpc) is 3.00. The summed E-state index contributed by atoms with van der Waals surface area (Å²) in [4.78, 5) is 22.9. The van der Waals surface area contributed by atoms with Crippen molar-refractivity contribution >= 4 is 17.4 Å². The van der Waals surface area contributed by atoms with E-state index >= 15 is 0 Å². The fourth-order valence-electron chi connectivity index (χ4n) is 2.60. The normalized spacial score (nSPS) is 11.2. The molecule has 0 saturated heterocycles. The number of hydrogen-bond acceptors (Lipinski definition) is 5. The summed E-state index contributed by atoms with van der Waals surface area (Å²) in [6.07, 6.45) is 1.67. The number of carbonyl (C=O) groups excluding carboxylic acids is 1. The molecule has 0 fully saturated rings. The zero-order valence-corrected chi connectivity index (χ0v) is 14.8. The van der Waals surface area contributed by atoms with Gasteiger partial charge in [-0.05, 0) is 40.7 Å². The summed E-state index contributed by atoms with van der Waals surface area (Å²) in [5, 5.41) is 26.9. The highest BCUT2D eigenvalue weighted by Crippen LogP contribution is 2.25. The molecular formula is C16H20N6O3. The number of hydrogen-bond donors (Lipinski definition) is 1. The van der Waals surface area contributed by atoms with Crippen LogP contribution >= 0.6 is 0 Å². The fourth-order valence-corrected chi connectivity index (χ4v) is 2.60. The Morgan fingerprint density at radius 1 is 1.44 bits per heavy atom. The van der Waals surface area contributed by atoms with E-state index in [0.29, 0.717) is 17.1 Å². The molecule has 0 aromatic carbocycles. The van der Waals surface area contributed by atoms with Crippen molar-refractivity contribution in [3.8, 4) is 6.07 Å². The highest BCUT2D eigenvalue weighted by Gasteiger charge is 2.24. The third-order valence-corrected chi connectivity index (χ3v) is 3.76. The molecule has 0 unspecified atom stereocenters. The first-order valence-electron chi connectivity index (χ1n) is 7.65. The van der Waals surface area contributed by atoms with Crippen molar-refractivity contribution in [3.63, 3.8) is 0 Å². The summed E-state index contributed by atoms with van der Waals surface area (Å²) >= 11 is 0. The lowest BCUT2D eigenvalue weighted by Gasteiger charge is -2.24. The van der Waals surface area contributed by atoms with Gasteiger partial charge in [0, 0.05) is 11.7 Å². The predicted molar refractivity (Wildman–Crippen MR) is 91.1 cm³/mol. The largest absolute Gasteiger partial charge is 0.328 e. The van der Waals surface area contributed by atoms with Crippen molar-refractivity contribution in [2.24, 2.45) is 0 Å². The summed E-state index contributed by atoms with van der Waals surface area (Å²) < 4.78 is 3.10. The van der Waals surface area contributed by atoms with Crippen LogP contribution in [0.25, 0.3) is 0 Å². The van der Waals surface area contributed by atoms with Crippen LogP contribution in [0.2, 0.25) is 0 Å². The number of anilines is 1. The summed E-state index contributed by atoms with van der Waals surface area (Å²) in [6.45, 7) is 8.79. The summed E-state index contributed by atoms with van der Waals surface area (Å²) in [5.74, 6) is 0.110. The molecule has 0 aliphatic rings. The topological polar surface area (TPSA) is 119 Å². The molecule has 25 heavy (non-hydrogen) atoms. The van der Waals surface area contributed by atoms with Crippen molar-refractivity contribution in [2.45, 2.75) is 46.7 Å². The van der Waals surface area contributed by atoms with Crippen LogP contribution < -0.4 is 5.32 Å². The number of nitro groups is 1. The van der Waals surface area contributed by atoms with Crippen molar-refractivity contribution < 1.29 is 9.72 Å². The van der Waals surface area contributed by atoms with E-state index in [1.807, 2.05) is 20.8 Å². The van der Waals surface area contributed by atoms with Crippen LogP contribution in [0.15, 0.2) is 12.3 Å². The van der Waals surface area contributed by atoms with Crippen LogP contribution in [-0.2, 0) is 16.9 Å². The van der Waals surface area contributed by atoms with E-state index in [1.54, 1.807) is 23.8 Å². The van der Waals surface area contributed by atoms with Crippen LogP contribution in [0.3, 0.4) is 0 Å². The first-order chi connectivity index (χ1) is 11.5. The summed E-state index contributed by atoms with van der Waals surface area (Å²) in [7, 11) is 0. The Hall–Kier alpha value is -3.15. The monoisotopic (exact) mass is 344 g/mol. The van der Waals surface area contributed by atoms with Crippen molar-refractivity contribution in [1.82, 2.24) is 14.3 Å². The number of aryl methyl sites for hydroxylation is 1. The van der Waals surface area contributed by atoms with Crippen molar-refractivity contribution in [2.75, 3.05) is 5.32 Å². The third kappa shape index (κ3) is 3.68. The smallest absolute Gasteiger partial charge is 0.312 e. The van der Waals surface area contributed by atoms with Gasteiger partial charge >= 0.3 is 5.69 Å². The number of amides is 1. The average molecular weight is 344 g/mol. The van der Waals surface area contributed by atoms with E-state index in [9.17, 15) is 14.9 Å². The van der Waals surface area contributed by atoms with Crippen LogP contribution in [0, 0.1) is 35.3 Å². The molecule has 9 nitrogen and oxygen atoms in total. The molecule has 0 saturated carbocycles. The first-order valence-corrected chi connectivity index (χ1v) is 7.65. The van der Waals surface area contributed by atoms with Gasteiger partial charge in [0.1, 0.15) is 29.8 Å². The summed E-state index contributed by atoms with van der Waals surface area (Å²) in [6, 6.07) is 3.64. The molecule has 2 heterocycles. The Kier molecular flexibility index (Phi) is 4.65. The van der Waals surface area contributed by atoms with Gasteiger partial charge in [-0.15, -0.1) is 0 Å². The van der Waals surface area contributed by atoms with Gasteiger partial charge in [0.25, 0.3) is 0 Å². The molecule has 2 aromatic heterocycles. The first kappa shape index (κ1) is 18.2. The van der Waals surface area contributed by atoms with E-state index in [2.05, 4.69) is 16.5 Å². The Bertz CT molecular complexity index is 879. The highest BCUT2D eigenvalue weighted by molar-refractivity contribution is 5.90. The molecule has 0 bridgehead atoms. The second kappa shape index (κ2) is 6.39. The van der Waals surface area contributed by atoms with E-state index in [-0.39, 0.29) is 29.4 Å². The highest BCUT2D eigenvalue weighted by atomic mass is 16.6. The van der Waals surface area contributed by atoms with Crippen LogP contribution in [0.5, 0.6) is 0 Å². The number of rotatable bonds is 4. The van der Waals surface area contributed by atoms with E-state index in [4.69, 9.17) is 5.26 Å². The molecule has 2 rings (SSSR count). The van der Waals surface area contributed by atoms with E-state index in [1.165, 1.54) is 11.6 Å². The lowest BCUT2D eigenvalue weighted by molar-refractivity contribution is -0.386. The summed E-state index contributed by atoms with van der Waals surface area (Å²) in [5.41, 5.74) is 0.612. The standard InChI is InChI=1S/C16H20N6O3/c1-10-15(22(24)25)11(2)21(19-10)9-14(23)18-13-6-12(7-17)8-20(13)16(3,4)5/h6,8H,9H2,1-5H3,(H,18,23). The van der Waals surface area contributed by atoms with Gasteiger partial charge in [-0.3, -0.25) is 19.6 Å².